The summed E-state index contributed by atoms with van der Waals surface area (Å²) in [5.74, 6) is -8.79. The molecule has 4 aromatic carbocycles. The quantitative estimate of drug-likeness (QED) is 0.124. The maximum absolute atomic E-state index is 13.6. The summed E-state index contributed by atoms with van der Waals surface area (Å²) in [5.41, 5.74) is -0.900. The molecule has 4 nitrogen and oxygen atoms in total. The first-order valence-electron chi connectivity index (χ1n) is 12.0. The molecule has 42 heavy (non-hydrogen) atoms. The highest BCUT2D eigenvalue weighted by molar-refractivity contribution is 6.20. The fourth-order valence-electron chi connectivity index (χ4n) is 3.94. The number of halogens is 8. The Hall–Kier alpha value is -4.64. The number of anilines is 1. The topological polar surface area (TPSA) is 46.9 Å². The van der Waals surface area contributed by atoms with E-state index in [2.05, 4.69) is 10.4 Å². The molecule has 1 N–H and O–H groups in total. The van der Waals surface area contributed by atoms with Gasteiger partial charge in [-0.1, -0.05) is 60.1 Å². The maximum Gasteiger partial charge on any atom is 0.259 e. The first-order chi connectivity index (χ1) is 20.0. The average molecular weight is 606 g/mol. The van der Waals surface area contributed by atoms with Crippen molar-refractivity contribution in [2.75, 3.05) is 5.32 Å². The Morgan fingerprint density at radius 1 is 0.762 bits per heavy atom. The Balaban J connectivity index is 0.000000227. The molecule has 1 amide bonds. The van der Waals surface area contributed by atoms with Crippen LogP contribution in [0.1, 0.15) is 21.7 Å². The summed E-state index contributed by atoms with van der Waals surface area (Å²) in [7, 11) is 1.50. The summed E-state index contributed by atoms with van der Waals surface area (Å²) >= 11 is 5.40. The van der Waals surface area contributed by atoms with Crippen molar-refractivity contribution in [1.82, 2.24) is 9.78 Å². The number of rotatable bonds is 5. The van der Waals surface area contributed by atoms with Crippen LogP contribution < -0.4 is 5.32 Å². The third-order valence-electron chi connectivity index (χ3n) is 5.87. The van der Waals surface area contributed by atoms with E-state index < -0.39 is 46.4 Å². The second-order valence-electron chi connectivity index (χ2n) is 8.78. The van der Waals surface area contributed by atoms with Gasteiger partial charge in [-0.05, 0) is 47.0 Å². The fourth-order valence-corrected chi connectivity index (χ4v) is 4.10. The molecule has 0 spiro atoms. The van der Waals surface area contributed by atoms with E-state index in [1.807, 2.05) is 0 Å². The second kappa shape index (κ2) is 12.9. The van der Waals surface area contributed by atoms with E-state index in [1.54, 1.807) is 42.5 Å². The van der Waals surface area contributed by atoms with E-state index in [-0.39, 0.29) is 28.1 Å². The first kappa shape index (κ1) is 30.3. The van der Waals surface area contributed by atoms with Gasteiger partial charge in [0.05, 0.1) is 5.56 Å². The van der Waals surface area contributed by atoms with Crippen molar-refractivity contribution in [2.45, 2.75) is 5.63 Å². The van der Waals surface area contributed by atoms with E-state index in [4.69, 9.17) is 11.6 Å². The predicted octanol–water partition coefficient (Wildman–Crippen LogP) is 8.73. The van der Waals surface area contributed by atoms with Gasteiger partial charge in [-0.3, -0.25) is 9.48 Å². The van der Waals surface area contributed by atoms with E-state index in [0.717, 1.165) is 24.3 Å². The molecule has 1 heterocycles. The van der Waals surface area contributed by atoms with Gasteiger partial charge in [0.15, 0.2) is 34.9 Å². The van der Waals surface area contributed by atoms with E-state index in [0.29, 0.717) is 11.1 Å². The van der Waals surface area contributed by atoms with Crippen molar-refractivity contribution in [1.29, 1.82) is 0 Å². The van der Waals surface area contributed by atoms with Crippen LogP contribution >= 0.6 is 11.6 Å². The molecule has 5 rings (SSSR count). The first-order valence-corrected chi connectivity index (χ1v) is 12.5. The average Bonchev–Trinajstić information content (AvgIpc) is 3.37. The number of nitrogens with one attached hydrogen (secondary N) is 1. The predicted molar refractivity (Wildman–Crippen MR) is 144 cm³/mol. The van der Waals surface area contributed by atoms with Gasteiger partial charge in [0.2, 0.25) is 5.63 Å². The minimum Gasteiger partial charge on any atom is -0.321 e. The number of hydrogen-bond acceptors (Lipinski definition) is 2. The van der Waals surface area contributed by atoms with Gasteiger partial charge >= 0.3 is 0 Å². The molecule has 1 atom stereocenters. The lowest BCUT2D eigenvalue weighted by molar-refractivity contribution is 0.102. The maximum atomic E-state index is 13.6. The third kappa shape index (κ3) is 6.80. The third-order valence-corrected chi connectivity index (χ3v) is 6.08. The van der Waals surface area contributed by atoms with Gasteiger partial charge < -0.3 is 5.32 Å². The zero-order valence-corrected chi connectivity index (χ0v) is 22.2. The second-order valence-corrected chi connectivity index (χ2v) is 9.16. The van der Waals surface area contributed by atoms with Crippen molar-refractivity contribution < 1.29 is 35.5 Å². The number of amides is 1. The van der Waals surface area contributed by atoms with Crippen LogP contribution in [0.25, 0.3) is 22.3 Å². The molecule has 0 radical (unpaired) electrons. The van der Waals surface area contributed by atoms with Crippen LogP contribution in [0, 0.1) is 34.9 Å². The number of benzene rings is 4. The van der Waals surface area contributed by atoms with Crippen LogP contribution in [-0.4, -0.2) is 15.7 Å². The number of nitrogens with zero attached hydrogens (tertiary/aromatic N) is 2. The number of carbonyl (C=O) groups excluding carboxylic acids is 1. The minimum atomic E-state index is -1.98. The van der Waals surface area contributed by atoms with Crippen LogP contribution in [0.4, 0.5) is 36.4 Å². The van der Waals surface area contributed by atoms with Crippen LogP contribution in [-0.2, 0) is 7.05 Å². The molecular formula is C30H19ClF7N3O. The van der Waals surface area contributed by atoms with Crippen molar-refractivity contribution in [3.05, 3.63) is 131 Å². The Labute approximate surface area is 240 Å². The number of aryl methyl sites for hydroxylation is 1. The zero-order chi connectivity index (χ0) is 30.6. The SMILES string of the molecule is Cn1cc(C(=O)Nc2ccccc2-c2cc(F)c(F)c(F)c2)c(C(F)Cl)n1.Fc1cc(-c2ccccc2)cc(F)c1F. The molecule has 1 aromatic heterocycles. The summed E-state index contributed by atoms with van der Waals surface area (Å²) in [6.07, 6.45) is 1.29. The van der Waals surface area contributed by atoms with Crippen LogP contribution in [0.5, 0.6) is 0 Å². The standard InChI is InChI=1S/C18H12ClF4N3O.C12H7F3/c1-26-8-11(16(25-26)17(19)23)18(27)24-14-5-3-2-4-10(14)9-6-12(20)15(22)13(21)7-9;13-10-6-9(7-11(14)12(10)15)8-4-2-1-3-5-8/h2-8,17H,1H3,(H,24,27);1-7H. The smallest absolute Gasteiger partial charge is 0.259 e. The van der Waals surface area contributed by atoms with Crippen molar-refractivity contribution in [2.24, 2.45) is 7.05 Å². The number of carbonyl (C=O) groups is 1. The molecular weight excluding hydrogens is 587 g/mol. The van der Waals surface area contributed by atoms with Crippen molar-refractivity contribution >= 4 is 23.2 Å². The van der Waals surface area contributed by atoms with E-state index >= 15 is 0 Å². The highest BCUT2D eigenvalue weighted by atomic mass is 35.5. The Kier molecular flexibility index (Phi) is 9.31. The van der Waals surface area contributed by atoms with Crippen LogP contribution in [0.15, 0.2) is 85.1 Å². The van der Waals surface area contributed by atoms with Crippen LogP contribution in [0.2, 0.25) is 0 Å². The normalized spacial score (nSPS) is 11.5. The summed E-state index contributed by atoms with van der Waals surface area (Å²) in [6.45, 7) is 0. The zero-order valence-electron chi connectivity index (χ0n) is 21.5. The number of alkyl halides is 2. The van der Waals surface area contributed by atoms with Gasteiger partial charge in [-0.25, -0.2) is 30.7 Å². The number of aromatic nitrogens is 2. The number of hydrogen-bond donors (Lipinski definition) is 1. The molecule has 216 valence electrons. The summed E-state index contributed by atoms with van der Waals surface area (Å²) in [5, 5.41) is 6.33. The lowest BCUT2D eigenvalue weighted by Crippen LogP contribution is -2.14. The van der Waals surface area contributed by atoms with Crippen molar-refractivity contribution in [3.8, 4) is 22.3 Å². The highest BCUT2D eigenvalue weighted by Gasteiger charge is 2.22. The van der Waals surface area contributed by atoms with Gasteiger partial charge in [-0.2, -0.15) is 5.10 Å². The highest BCUT2D eigenvalue weighted by Crippen LogP contribution is 2.31. The molecule has 5 aromatic rings. The van der Waals surface area contributed by atoms with E-state index in [1.165, 1.54) is 30.1 Å². The largest absolute Gasteiger partial charge is 0.321 e. The summed E-state index contributed by atoms with van der Waals surface area (Å²) < 4.78 is 93.5. The molecule has 0 aliphatic carbocycles. The lowest BCUT2D eigenvalue weighted by atomic mass is 10.0. The number of para-hydroxylation sites is 1. The van der Waals surface area contributed by atoms with Gasteiger partial charge in [0.25, 0.3) is 5.91 Å². The Bertz CT molecular complexity index is 1700. The molecule has 0 bridgehead atoms. The molecule has 0 aliphatic rings. The molecule has 1 unspecified atom stereocenters. The molecule has 0 aliphatic heterocycles. The fraction of sp³-hybridized carbons (Fsp3) is 0.0667. The molecule has 0 saturated heterocycles. The molecule has 0 fully saturated rings. The lowest BCUT2D eigenvalue weighted by Gasteiger charge is -2.12. The Morgan fingerprint density at radius 3 is 1.81 bits per heavy atom. The molecule has 0 saturated carbocycles. The van der Waals surface area contributed by atoms with Gasteiger partial charge in [0, 0.05) is 24.5 Å². The minimum absolute atomic E-state index is 0.0226. The van der Waals surface area contributed by atoms with Crippen LogP contribution in [0.3, 0.4) is 0 Å². The Morgan fingerprint density at radius 2 is 1.26 bits per heavy atom. The van der Waals surface area contributed by atoms with Gasteiger partial charge in [0.1, 0.15) is 5.69 Å². The van der Waals surface area contributed by atoms with Gasteiger partial charge in [-0.15, -0.1) is 0 Å². The van der Waals surface area contributed by atoms with Crippen molar-refractivity contribution in [3.63, 3.8) is 0 Å². The summed E-state index contributed by atoms with van der Waals surface area (Å²) in [4.78, 5) is 12.5. The monoisotopic (exact) mass is 605 g/mol. The van der Waals surface area contributed by atoms with E-state index in [9.17, 15) is 35.5 Å². The summed E-state index contributed by atoms with van der Waals surface area (Å²) in [6, 6.07) is 18.4. The molecule has 12 heteroatoms.